The molecule has 2 N–H and O–H groups in total. The summed E-state index contributed by atoms with van der Waals surface area (Å²) in [5, 5.41) is 11.7. The molecule has 2 atom stereocenters. The SMILES string of the molecule is CCN(CC(C)C(=O)O)C(=O)NCC(C)C1CC1. The molecule has 5 heteroatoms. The van der Waals surface area contributed by atoms with Gasteiger partial charge in [0.15, 0.2) is 0 Å². The maximum absolute atomic E-state index is 11.9. The van der Waals surface area contributed by atoms with Crippen molar-refractivity contribution in [1.82, 2.24) is 10.2 Å². The van der Waals surface area contributed by atoms with E-state index in [9.17, 15) is 9.59 Å². The number of carbonyl (C=O) groups excluding carboxylic acids is 1. The molecule has 1 fully saturated rings. The van der Waals surface area contributed by atoms with Gasteiger partial charge in [-0.2, -0.15) is 0 Å². The minimum atomic E-state index is -0.868. The van der Waals surface area contributed by atoms with Crippen molar-refractivity contribution in [2.24, 2.45) is 17.8 Å². The van der Waals surface area contributed by atoms with E-state index in [1.165, 1.54) is 12.8 Å². The summed E-state index contributed by atoms with van der Waals surface area (Å²) in [6.45, 7) is 7.09. The van der Waals surface area contributed by atoms with Crippen LogP contribution in [-0.4, -0.2) is 41.6 Å². The lowest BCUT2D eigenvalue weighted by Gasteiger charge is -2.24. The fourth-order valence-electron chi connectivity index (χ4n) is 1.96. The maximum atomic E-state index is 11.9. The summed E-state index contributed by atoms with van der Waals surface area (Å²) >= 11 is 0. The van der Waals surface area contributed by atoms with Crippen LogP contribution >= 0.6 is 0 Å². The Hall–Kier alpha value is -1.26. The van der Waals surface area contributed by atoms with Crippen molar-refractivity contribution < 1.29 is 14.7 Å². The molecule has 0 aliphatic heterocycles. The van der Waals surface area contributed by atoms with Crippen LogP contribution in [-0.2, 0) is 4.79 Å². The predicted octanol–water partition coefficient (Wildman–Crippen LogP) is 1.78. The second-order valence-corrected chi connectivity index (χ2v) is 5.28. The molecule has 1 rings (SSSR count). The number of amides is 2. The number of aliphatic carboxylic acids is 1. The van der Waals surface area contributed by atoms with Gasteiger partial charge in [0.1, 0.15) is 0 Å². The molecule has 2 amide bonds. The monoisotopic (exact) mass is 256 g/mol. The molecule has 1 saturated carbocycles. The lowest BCUT2D eigenvalue weighted by Crippen LogP contribution is -2.44. The van der Waals surface area contributed by atoms with E-state index >= 15 is 0 Å². The fraction of sp³-hybridized carbons (Fsp3) is 0.846. The molecule has 0 heterocycles. The number of hydrogen-bond donors (Lipinski definition) is 2. The van der Waals surface area contributed by atoms with Crippen molar-refractivity contribution in [2.75, 3.05) is 19.6 Å². The molecular formula is C13H24N2O3. The van der Waals surface area contributed by atoms with Crippen molar-refractivity contribution in [3.63, 3.8) is 0 Å². The highest BCUT2D eigenvalue weighted by Gasteiger charge is 2.28. The summed E-state index contributed by atoms with van der Waals surface area (Å²) in [4.78, 5) is 24.2. The Morgan fingerprint density at radius 3 is 2.44 bits per heavy atom. The Balaban J connectivity index is 2.33. The zero-order valence-electron chi connectivity index (χ0n) is 11.5. The summed E-state index contributed by atoms with van der Waals surface area (Å²) in [5.41, 5.74) is 0. The van der Waals surface area contributed by atoms with Gasteiger partial charge in [0.25, 0.3) is 0 Å². The molecule has 0 saturated heterocycles. The lowest BCUT2D eigenvalue weighted by molar-refractivity contribution is -0.141. The molecule has 1 aliphatic carbocycles. The second kappa shape index (κ2) is 6.61. The summed E-state index contributed by atoms with van der Waals surface area (Å²) in [7, 11) is 0. The molecule has 0 aromatic heterocycles. The van der Waals surface area contributed by atoms with Gasteiger partial charge in [-0.25, -0.2) is 4.79 Å². The molecule has 2 unspecified atom stereocenters. The van der Waals surface area contributed by atoms with Crippen molar-refractivity contribution in [3.05, 3.63) is 0 Å². The van der Waals surface area contributed by atoms with Gasteiger partial charge in [-0.3, -0.25) is 4.79 Å². The smallest absolute Gasteiger partial charge is 0.317 e. The fourth-order valence-corrected chi connectivity index (χ4v) is 1.96. The average Bonchev–Trinajstić information content (AvgIpc) is 3.15. The van der Waals surface area contributed by atoms with Gasteiger partial charge >= 0.3 is 12.0 Å². The Kier molecular flexibility index (Phi) is 5.44. The van der Waals surface area contributed by atoms with E-state index in [-0.39, 0.29) is 12.6 Å². The topological polar surface area (TPSA) is 69.6 Å². The van der Waals surface area contributed by atoms with Crippen LogP contribution in [0.15, 0.2) is 0 Å². The Labute approximate surface area is 109 Å². The molecule has 0 spiro atoms. The highest BCUT2D eigenvalue weighted by molar-refractivity contribution is 5.75. The van der Waals surface area contributed by atoms with Gasteiger partial charge in [-0.05, 0) is 31.6 Å². The van der Waals surface area contributed by atoms with Crippen molar-refractivity contribution in [2.45, 2.75) is 33.6 Å². The van der Waals surface area contributed by atoms with E-state index in [2.05, 4.69) is 12.2 Å². The minimum absolute atomic E-state index is 0.155. The van der Waals surface area contributed by atoms with Crippen LogP contribution in [0.1, 0.15) is 33.6 Å². The van der Waals surface area contributed by atoms with E-state index in [0.29, 0.717) is 19.0 Å². The first-order chi connectivity index (χ1) is 8.45. The Morgan fingerprint density at radius 1 is 1.39 bits per heavy atom. The predicted molar refractivity (Wildman–Crippen MR) is 69.3 cm³/mol. The Bertz CT molecular complexity index is 303. The van der Waals surface area contributed by atoms with Crippen LogP contribution in [0.3, 0.4) is 0 Å². The molecular weight excluding hydrogens is 232 g/mol. The van der Waals surface area contributed by atoms with Gasteiger partial charge in [0, 0.05) is 19.6 Å². The first-order valence-electron chi connectivity index (χ1n) is 6.71. The minimum Gasteiger partial charge on any atom is -0.481 e. The van der Waals surface area contributed by atoms with Gasteiger partial charge in [-0.1, -0.05) is 13.8 Å². The molecule has 0 aromatic rings. The molecule has 0 aromatic carbocycles. The quantitative estimate of drug-likeness (QED) is 0.729. The van der Waals surface area contributed by atoms with E-state index in [1.54, 1.807) is 11.8 Å². The van der Waals surface area contributed by atoms with Crippen molar-refractivity contribution in [3.8, 4) is 0 Å². The van der Waals surface area contributed by atoms with Crippen molar-refractivity contribution >= 4 is 12.0 Å². The molecule has 18 heavy (non-hydrogen) atoms. The zero-order valence-corrected chi connectivity index (χ0v) is 11.5. The third kappa shape index (κ3) is 4.55. The number of carbonyl (C=O) groups is 2. The number of rotatable bonds is 7. The highest BCUT2D eigenvalue weighted by Crippen LogP contribution is 2.36. The molecule has 0 bridgehead atoms. The highest BCUT2D eigenvalue weighted by atomic mass is 16.4. The summed E-state index contributed by atoms with van der Waals surface area (Å²) in [6.07, 6.45) is 2.54. The standard InChI is InChI=1S/C13H24N2O3/c1-4-15(8-10(3)12(16)17)13(18)14-7-9(2)11-5-6-11/h9-11H,4-8H2,1-3H3,(H,14,18)(H,16,17). The van der Waals surface area contributed by atoms with Gasteiger partial charge in [0.2, 0.25) is 0 Å². The zero-order chi connectivity index (χ0) is 13.7. The Morgan fingerprint density at radius 2 is 2.00 bits per heavy atom. The lowest BCUT2D eigenvalue weighted by atomic mass is 10.1. The van der Waals surface area contributed by atoms with E-state index in [1.807, 2.05) is 6.92 Å². The van der Waals surface area contributed by atoms with Gasteiger partial charge in [-0.15, -0.1) is 0 Å². The first-order valence-corrected chi connectivity index (χ1v) is 6.71. The van der Waals surface area contributed by atoms with E-state index in [0.717, 1.165) is 5.92 Å². The van der Waals surface area contributed by atoms with Gasteiger partial charge in [0.05, 0.1) is 5.92 Å². The number of carboxylic acid groups (broad SMARTS) is 1. The number of carboxylic acids is 1. The van der Waals surface area contributed by atoms with Crippen LogP contribution in [0.2, 0.25) is 0 Å². The summed E-state index contributed by atoms with van der Waals surface area (Å²) in [6, 6.07) is -0.155. The largest absolute Gasteiger partial charge is 0.481 e. The van der Waals surface area contributed by atoms with Crippen LogP contribution in [0, 0.1) is 17.8 Å². The first kappa shape index (κ1) is 14.8. The van der Waals surface area contributed by atoms with Crippen LogP contribution < -0.4 is 5.32 Å². The normalized spacial score (nSPS) is 17.9. The third-order valence-corrected chi connectivity index (χ3v) is 3.59. The summed E-state index contributed by atoms with van der Waals surface area (Å²) < 4.78 is 0. The molecule has 1 aliphatic rings. The van der Waals surface area contributed by atoms with Crippen LogP contribution in [0.5, 0.6) is 0 Å². The van der Waals surface area contributed by atoms with E-state index < -0.39 is 11.9 Å². The summed E-state index contributed by atoms with van der Waals surface area (Å²) in [5.74, 6) is -0.118. The number of nitrogens with zero attached hydrogens (tertiary/aromatic N) is 1. The van der Waals surface area contributed by atoms with Crippen molar-refractivity contribution in [1.29, 1.82) is 0 Å². The van der Waals surface area contributed by atoms with Gasteiger partial charge < -0.3 is 15.3 Å². The second-order valence-electron chi connectivity index (χ2n) is 5.28. The maximum Gasteiger partial charge on any atom is 0.317 e. The number of hydrogen-bond acceptors (Lipinski definition) is 2. The molecule has 0 radical (unpaired) electrons. The molecule has 104 valence electrons. The molecule has 5 nitrogen and oxygen atoms in total. The number of nitrogens with one attached hydrogen (secondary N) is 1. The third-order valence-electron chi connectivity index (χ3n) is 3.59. The average molecular weight is 256 g/mol. The van der Waals surface area contributed by atoms with Crippen LogP contribution in [0.25, 0.3) is 0 Å². The van der Waals surface area contributed by atoms with E-state index in [4.69, 9.17) is 5.11 Å². The van der Waals surface area contributed by atoms with Crippen LogP contribution in [0.4, 0.5) is 4.79 Å². The number of urea groups is 1.